The van der Waals surface area contributed by atoms with Crippen molar-refractivity contribution in [3.05, 3.63) is 11.7 Å². The number of hydrogen-bond acceptors (Lipinski definition) is 6. The third kappa shape index (κ3) is 4.80. The molecule has 0 aliphatic rings. The van der Waals surface area contributed by atoms with Gasteiger partial charge in [0.05, 0.1) is 0 Å². The molecule has 0 aliphatic heterocycles. The predicted octanol–water partition coefficient (Wildman–Crippen LogP) is 2.07. The molecule has 0 saturated heterocycles. The monoisotopic (exact) mass is 244 g/mol. The molecule has 0 amide bonds. The first-order chi connectivity index (χ1) is 8.31. The van der Waals surface area contributed by atoms with E-state index in [9.17, 15) is 0 Å². The predicted molar refractivity (Wildman–Crippen MR) is 60.2 cm³/mol. The molecule has 0 N–H and O–H groups in total. The largest absolute Gasteiger partial charge is 0.373 e. The van der Waals surface area contributed by atoms with Gasteiger partial charge in [-0.15, -0.1) is 0 Å². The van der Waals surface area contributed by atoms with Crippen LogP contribution in [0.15, 0.2) is 4.52 Å². The van der Waals surface area contributed by atoms with Gasteiger partial charge < -0.3 is 18.7 Å². The van der Waals surface area contributed by atoms with Gasteiger partial charge in [-0.2, -0.15) is 4.98 Å². The van der Waals surface area contributed by atoms with Crippen LogP contribution >= 0.6 is 0 Å². The van der Waals surface area contributed by atoms with Crippen molar-refractivity contribution >= 4 is 0 Å². The van der Waals surface area contributed by atoms with Gasteiger partial charge in [-0.05, 0) is 20.3 Å². The van der Waals surface area contributed by atoms with Gasteiger partial charge in [-0.3, -0.25) is 0 Å². The fourth-order valence-corrected chi connectivity index (χ4v) is 1.22. The van der Waals surface area contributed by atoms with Crippen LogP contribution < -0.4 is 0 Å². The number of aromatic nitrogens is 2. The van der Waals surface area contributed by atoms with Gasteiger partial charge in [0.15, 0.2) is 5.82 Å². The van der Waals surface area contributed by atoms with Crippen molar-refractivity contribution < 1.29 is 18.7 Å². The Kier molecular flexibility index (Phi) is 6.76. The smallest absolute Gasteiger partial charge is 0.283 e. The highest BCUT2D eigenvalue weighted by molar-refractivity contribution is 4.86. The molecule has 1 heterocycles. The fourth-order valence-electron chi connectivity index (χ4n) is 1.22. The van der Waals surface area contributed by atoms with Crippen LogP contribution in [0.1, 0.15) is 45.2 Å². The number of ether oxygens (including phenoxy) is 3. The van der Waals surface area contributed by atoms with E-state index in [1.165, 1.54) is 0 Å². The Morgan fingerprint density at radius 1 is 1.18 bits per heavy atom. The van der Waals surface area contributed by atoms with Crippen LogP contribution in [-0.4, -0.2) is 30.0 Å². The van der Waals surface area contributed by atoms with Crippen molar-refractivity contribution in [3.8, 4) is 0 Å². The van der Waals surface area contributed by atoms with E-state index < -0.39 is 6.29 Å². The molecule has 0 aromatic carbocycles. The zero-order valence-electron chi connectivity index (χ0n) is 10.6. The molecule has 0 aliphatic carbocycles. The summed E-state index contributed by atoms with van der Waals surface area (Å²) >= 11 is 0. The molecule has 6 nitrogen and oxygen atoms in total. The molecule has 0 unspecified atom stereocenters. The molecule has 0 radical (unpaired) electrons. The lowest BCUT2D eigenvalue weighted by Gasteiger charge is -2.11. The molecular weight excluding hydrogens is 224 g/mol. The third-order valence-corrected chi connectivity index (χ3v) is 1.90. The average molecular weight is 244 g/mol. The minimum Gasteiger partial charge on any atom is -0.373 e. The van der Waals surface area contributed by atoms with E-state index in [1.807, 2.05) is 20.8 Å². The van der Waals surface area contributed by atoms with Crippen LogP contribution in [0.5, 0.6) is 0 Å². The van der Waals surface area contributed by atoms with Crippen molar-refractivity contribution in [3.63, 3.8) is 0 Å². The van der Waals surface area contributed by atoms with Crippen LogP contribution in [0.3, 0.4) is 0 Å². The second-order valence-electron chi connectivity index (χ2n) is 3.34. The van der Waals surface area contributed by atoms with Crippen molar-refractivity contribution in [2.75, 3.05) is 19.8 Å². The molecule has 0 bridgehead atoms. The number of nitrogens with zero attached hydrogens (tertiary/aromatic N) is 2. The first-order valence-corrected chi connectivity index (χ1v) is 5.95. The van der Waals surface area contributed by atoms with E-state index in [0.29, 0.717) is 38.1 Å². The van der Waals surface area contributed by atoms with E-state index in [0.717, 1.165) is 6.42 Å². The molecule has 0 fully saturated rings. The van der Waals surface area contributed by atoms with E-state index >= 15 is 0 Å². The molecule has 17 heavy (non-hydrogen) atoms. The number of rotatable bonds is 9. The summed E-state index contributed by atoms with van der Waals surface area (Å²) in [5.74, 6) is 0.849. The normalized spacial score (nSPS) is 11.3. The van der Waals surface area contributed by atoms with Gasteiger partial charge in [-0.25, -0.2) is 0 Å². The van der Waals surface area contributed by atoms with E-state index in [-0.39, 0.29) is 0 Å². The minimum absolute atomic E-state index is 0.337. The average Bonchev–Trinajstić information content (AvgIpc) is 2.78. The third-order valence-electron chi connectivity index (χ3n) is 1.90. The summed E-state index contributed by atoms with van der Waals surface area (Å²) in [7, 11) is 0. The summed E-state index contributed by atoms with van der Waals surface area (Å²) in [6.07, 6.45) is 0.378. The van der Waals surface area contributed by atoms with Crippen LogP contribution in [0.4, 0.5) is 0 Å². The van der Waals surface area contributed by atoms with Crippen molar-refractivity contribution in [1.29, 1.82) is 0 Å². The standard InChI is InChI=1S/C11H20N2O4/c1-4-7-14-8-9-12-10(17-13-9)11(15-5-2)16-6-3/h11H,4-8H2,1-3H3. The summed E-state index contributed by atoms with van der Waals surface area (Å²) in [4.78, 5) is 4.17. The van der Waals surface area contributed by atoms with Crippen LogP contribution in [0.25, 0.3) is 0 Å². The second kappa shape index (κ2) is 8.16. The van der Waals surface area contributed by atoms with E-state index in [1.54, 1.807) is 0 Å². The molecule has 0 saturated carbocycles. The van der Waals surface area contributed by atoms with Crippen molar-refractivity contribution in [2.24, 2.45) is 0 Å². The zero-order valence-corrected chi connectivity index (χ0v) is 10.6. The Hall–Kier alpha value is -0.980. The molecule has 98 valence electrons. The number of hydrogen-bond donors (Lipinski definition) is 0. The molecule has 6 heteroatoms. The quantitative estimate of drug-likeness (QED) is 0.489. The maximum Gasteiger partial charge on any atom is 0.283 e. The fraction of sp³-hybridized carbons (Fsp3) is 0.818. The van der Waals surface area contributed by atoms with Crippen LogP contribution in [0, 0.1) is 0 Å². The first kappa shape index (κ1) is 14.1. The van der Waals surface area contributed by atoms with E-state index in [2.05, 4.69) is 10.1 Å². The Morgan fingerprint density at radius 3 is 2.47 bits per heavy atom. The molecule has 1 aromatic rings. The van der Waals surface area contributed by atoms with Gasteiger partial charge >= 0.3 is 0 Å². The lowest BCUT2D eigenvalue weighted by Crippen LogP contribution is -2.09. The SMILES string of the molecule is CCCOCc1noc(C(OCC)OCC)n1. The first-order valence-electron chi connectivity index (χ1n) is 5.95. The lowest BCUT2D eigenvalue weighted by molar-refractivity contribution is -0.155. The summed E-state index contributed by atoms with van der Waals surface area (Å²) in [5, 5.41) is 3.80. The maximum absolute atomic E-state index is 5.35. The van der Waals surface area contributed by atoms with Gasteiger partial charge in [0.1, 0.15) is 6.61 Å². The maximum atomic E-state index is 5.35. The highest BCUT2D eigenvalue weighted by Crippen LogP contribution is 2.16. The van der Waals surface area contributed by atoms with Gasteiger partial charge in [0.25, 0.3) is 5.89 Å². The highest BCUT2D eigenvalue weighted by Gasteiger charge is 2.19. The Balaban J connectivity index is 2.51. The second-order valence-corrected chi connectivity index (χ2v) is 3.34. The van der Waals surface area contributed by atoms with Crippen LogP contribution in [-0.2, 0) is 20.8 Å². The minimum atomic E-state index is -0.586. The van der Waals surface area contributed by atoms with Crippen molar-refractivity contribution in [2.45, 2.75) is 40.1 Å². The van der Waals surface area contributed by atoms with Gasteiger partial charge in [0, 0.05) is 19.8 Å². The van der Waals surface area contributed by atoms with Gasteiger partial charge in [0.2, 0.25) is 6.29 Å². The van der Waals surface area contributed by atoms with Crippen LogP contribution in [0.2, 0.25) is 0 Å². The Bertz CT molecular complexity index is 297. The van der Waals surface area contributed by atoms with Gasteiger partial charge in [-0.1, -0.05) is 12.1 Å². The summed E-state index contributed by atoms with van der Waals surface area (Å²) in [5.41, 5.74) is 0. The zero-order chi connectivity index (χ0) is 12.5. The molecular formula is C11H20N2O4. The highest BCUT2D eigenvalue weighted by atomic mass is 16.7. The van der Waals surface area contributed by atoms with E-state index in [4.69, 9.17) is 18.7 Å². The topological polar surface area (TPSA) is 66.6 Å². The summed E-state index contributed by atoms with van der Waals surface area (Å²) < 4.78 is 21.1. The Labute approximate surface area is 101 Å². The molecule has 0 spiro atoms. The van der Waals surface area contributed by atoms with Crippen molar-refractivity contribution in [1.82, 2.24) is 10.1 Å². The Morgan fingerprint density at radius 2 is 1.88 bits per heavy atom. The molecule has 1 aromatic heterocycles. The summed E-state index contributed by atoms with van der Waals surface area (Å²) in [6, 6.07) is 0. The molecule has 1 rings (SSSR count). The summed E-state index contributed by atoms with van der Waals surface area (Å²) in [6.45, 7) is 7.89. The lowest BCUT2D eigenvalue weighted by atomic mass is 10.5. The molecule has 0 atom stereocenters.